The van der Waals surface area contributed by atoms with Gasteiger partial charge in [-0.3, -0.25) is 0 Å². The second-order valence-electron chi connectivity index (χ2n) is 7.92. The summed E-state index contributed by atoms with van der Waals surface area (Å²) in [5.41, 5.74) is 2.68. The highest BCUT2D eigenvalue weighted by Gasteiger charge is 2.42. The first-order chi connectivity index (χ1) is 13.1. The van der Waals surface area contributed by atoms with Gasteiger partial charge in [-0.2, -0.15) is 0 Å². The first-order valence-electron chi connectivity index (χ1n) is 9.98. The average Bonchev–Trinajstić information content (AvgIpc) is 2.66. The molecular formula is C24H25F3. The van der Waals surface area contributed by atoms with Crippen LogP contribution in [-0.4, -0.2) is 0 Å². The van der Waals surface area contributed by atoms with Crippen molar-refractivity contribution in [3.05, 3.63) is 82.7 Å². The van der Waals surface area contributed by atoms with Crippen LogP contribution in [0.1, 0.15) is 61.1 Å². The largest absolute Gasteiger partial charge is 0.207 e. The molecule has 4 atom stereocenters. The van der Waals surface area contributed by atoms with E-state index in [1.54, 1.807) is 6.07 Å². The average molecular weight is 370 g/mol. The summed E-state index contributed by atoms with van der Waals surface area (Å²) < 4.78 is 41.7. The van der Waals surface area contributed by atoms with Gasteiger partial charge in [-0.05, 0) is 90.7 Å². The molecule has 3 heteroatoms. The van der Waals surface area contributed by atoms with Crippen molar-refractivity contribution in [1.82, 2.24) is 0 Å². The summed E-state index contributed by atoms with van der Waals surface area (Å²) in [6, 6.07) is 9.37. The highest BCUT2D eigenvalue weighted by molar-refractivity contribution is 5.38. The molecule has 0 heterocycles. The summed E-state index contributed by atoms with van der Waals surface area (Å²) in [4.78, 5) is 0. The molecule has 2 aliphatic rings. The van der Waals surface area contributed by atoms with Crippen molar-refractivity contribution < 1.29 is 13.2 Å². The van der Waals surface area contributed by atoms with E-state index in [-0.39, 0.29) is 17.7 Å². The molecule has 0 amide bonds. The maximum absolute atomic E-state index is 14.3. The Hall–Kier alpha value is -2.03. The third-order valence-electron chi connectivity index (χ3n) is 6.45. The molecule has 2 aliphatic carbocycles. The molecule has 27 heavy (non-hydrogen) atoms. The molecule has 2 aromatic carbocycles. The Balaban J connectivity index is 1.75. The number of benzene rings is 2. The van der Waals surface area contributed by atoms with Crippen LogP contribution in [0.3, 0.4) is 0 Å². The minimum Gasteiger partial charge on any atom is -0.207 e. The van der Waals surface area contributed by atoms with E-state index in [1.165, 1.54) is 12.1 Å². The van der Waals surface area contributed by atoms with Crippen LogP contribution in [0.25, 0.3) is 0 Å². The lowest BCUT2D eigenvalue weighted by molar-refractivity contribution is 0.193. The number of rotatable bonds is 3. The Morgan fingerprint density at radius 2 is 1.74 bits per heavy atom. The molecular weight excluding hydrogens is 345 g/mol. The van der Waals surface area contributed by atoms with Gasteiger partial charge in [-0.1, -0.05) is 31.2 Å². The maximum atomic E-state index is 14.3. The molecule has 0 bridgehead atoms. The molecule has 0 radical (unpaired) electrons. The Labute approximate surface area is 159 Å². The van der Waals surface area contributed by atoms with Crippen molar-refractivity contribution in [3.8, 4) is 0 Å². The Bertz CT molecular complexity index is 837. The first-order valence-corrected chi connectivity index (χ1v) is 9.98. The van der Waals surface area contributed by atoms with Gasteiger partial charge in [-0.15, -0.1) is 0 Å². The quantitative estimate of drug-likeness (QED) is 0.515. The number of fused-ring (bicyclic) bond motifs is 3. The minimum atomic E-state index is -0.488. The molecule has 1 fully saturated rings. The SMILES string of the molecule is CCC=C[C@@H]1CC[C@H]2c3cc(F)cc(F)c3CC[C@@H]2[C@H]1c1ccc(F)cc1. The van der Waals surface area contributed by atoms with Crippen LogP contribution in [0.4, 0.5) is 13.2 Å². The number of halogens is 3. The topological polar surface area (TPSA) is 0 Å². The van der Waals surface area contributed by atoms with Crippen LogP contribution < -0.4 is 0 Å². The smallest absolute Gasteiger partial charge is 0.129 e. The highest BCUT2D eigenvalue weighted by atomic mass is 19.1. The second-order valence-corrected chi connectivity index (χ2v) is 7.92. The molecule has 0 aliphatic heterocycles. The highest BCUT2D eigenvalue weighted by Crippen LogP contribution is 2.54. The van der Waals surface area contributed by atoms with Gasteiger partial charge in [0, 0.05) is 6.07 Å². The standard InChI is InChI=1S/C24H25F3/c1-2-3-4-15-7-10-19-21(24(15)16-5-8-17(25)9-6-16)12-11-20-22(19)13-18(26)14-23(20)27/h3-6,8-9,13-15,19,21,24H,2,7,10-12H2,1H3/t15-,19-,21+,24-/m1/s1. The van der Waals surface area contributed by atoms with E-state index in [9.17, 15) is 13.2 Å². The van der Waals surface area contributed by atoms with Crippen molar-refractivity contribution in [2.24, 2.45) is 11.8 Å². The predicted molar refractivity (Wildman–Crippen MR) is 102 cm³/mol. The monoisotopic (exact) mass is 370 g/mol. The molecule has 0 N–H and O–H groups in total. The van der Waals surface area contributed by atoms with E-state index in [0.29, 0.717) is 23.8 Å². The molecule has 0 unspecified atom stereocenters. The van der Waals surface area contributed by atoms with Gasteiger partial charge in [0.05, 0.1) is 0 Å². The van der Waals surface area contributed by atoms with Crippen LogP contribution in [0.5, 0.6) is 0 Å². The lowest BCUT2D eigenvalue weighted by Crippen LogP contribution is -2.35. The molecule has 0 nitrogen and oxygen atoms in total. The normalized spacial score (nSPS) is 27.4. The van der Waals surface area contributed by atoms with Gasteiger partial charge in [0.15, 0.2) is 0 Å². The molecule has 142 valence electrons. The van der Waals surface area contributed by atoms with Crippen molar-refractivity contribution >= 4 is 0 Å². The zero-order valence-electron chi connectivity index (χ0n) is 15.6. The molecule has 2 aromatic rings. The summed E-state index contributed by atoms with van der Waals surface area (Å²) in [7, 11) is 0. The van der Waals surface area contributed by atoms with E-state index >= 15 is 0 Å². The first kappa shape index (κ1) is 18.3. The van der Waals surface area contributed by atoms with Gasteiger partial charge in [0.2, 0.25) is 0 Å². The van der Waals surface area contributed by atoms with Gasteiger partial charge in [0.25, 0.3) is 0 Å². The minimum absolute atomic E-state index is 0.167. The van der Waals surface area contributed by atoms with Gasteiger partial charge < -0.3 is 0 Å². The summed E-state index contributed by atoms with van der Waals surface area (Å²) >= 11 is 0. The lowest BCUT2D eigenvalue weighted by Gasteiger charge is -2.46. The molecule has 0 saturated heterocycles. The van der Waals surface area contributed by atoms with Crippen LogP contribution in [-0.2, 0) is 6.42 Å². The third kappa shape index (κ3) is 3.44. The van der Waals surface area contributed by atoms with E-state index in [1.807, 2.05) is 12.1 Å². The van der Waals surface area contributed by atoms with E-state index in [0.717, 1.165) is 42.9 Å². The summed E-state index contributed by atoms with van der Waals surface area (Å²) in [6.07, 6.45) is 8.95. The van der Waals surface area contributed by atoms with Gasteiger partial charge in [0.1, 0.15) is 17.5 Å². The molecule has 0 aromatic heterocycles. The van der Waals surface area contributed by atoms with E-state index in [2.05, 4.69) is 19.1 Å². The Morgan fingerprint density at radius 3 is 2.48 bits per heavy atom. The summed E-state index contributed by atoms with van der Waals surface area (Å²) in [6.45, 7) is 2.12. The van der Waals surface area contributed by atoms with Crippen molar-refractivity contribution in [2.75, 3.05) is 0 Å². The Kier molecular flexibility index (Phi) is 5.12. The zero-order valence-corrected chi connectivity index (χ0v) is 15.6. The summed E-state index contributed by atoms with van der Waals surface area (Å²) in [5.74, 6) is 0.00542. The lowest BCUT2D eigenvalue weighted by atomic mass is 9.58. The number of hydrogen-bond acceptors (Lipinski definition) is 0. The van der Waals surface area contributed by atoms with Crippen molar-refractivity contribution in [3.63, 3.8) is 0 Å². The second kappa shape index (κ2) is 7.53. The zero-order chi connectivity index (χ0) is 19.0. The van der Waals surface area contributed by atoms with Crippen LogP contribution in [0.15, 0.2) is 48.6 Å². The maximum Gasteiger partial charge on any atom is 0.129 e. The van der Waals surface area contributed by atoms with Gasteiger partial charge in [-0.25, -0.2) is 13.2 Å². The molecule has 0 spiro atoms. The van der Waals surface area contributed by atoms with Crippen molar-refractivity contribution in [1.29, 1.82) is 0 Å². The van der Waals surface area contributed by atoms with Gasteiger partial charge >= 0.3 is 0 Å². The van der Waals surface area contributed by atoms with Crippen LogP contribution in [0.2, 0.25) is 0 Å². The molecule has 1 saturated carbocycles. The van der Waals surface area contributed by atoms with E-state index in [4.69, 9.17) is 0 Å². The van der Waals surface area contributed by atoms with Crippen LogP contribution in [0, 0.1) is 29.3 Å². The predicted octanol–water partition coefficient (Wildman–Crippen LogP) is 6.91. The fraction of sp³-hybridized carbons (Fsp3) is 0.417. The molecule has 4 rings (SSSR count). The van der Waals surface area contributed by atoms with E-state index < -0.39 is 11.6 Å². The van der Waals surface area contributed by atoms with Crippen molar-refractivity contribution in [2.45, 2.75) is 50.9 Å². The number of hydrogen-bond donors (Lipinski definition) is 0. The Morgan fingerprint density at radius 1 is 0.963 bits per heavy atom. The fourth-order valence-electron chi connectivity index (χ4n) is 5.34. The van der Waals surface area contributed by atoms with Crippen LogP contribution >= 0.6 is 0 Å². The third-order valence-corrected chi connectivity index (χ3v) is 6.45. The summed E-state index contributed by atoms with van der Waals surface area (Å²) in [5, 5.41) is 0. The number of allylic oxidation sites excluding steroid dienone is 2. The fourth-order valence-corrected chi connectivity index (χ4v) is 5.34.